The Hall–Kier alpha value is -2.42. The lowest BCUT2D eigenvalue weighted by atomic mass is 9.70. The molecule has 18 atom stereocenters. The summed E-state index contributed by atoms with van der Waals surface area (Å²) in [6.45, 7) is 20.6. The van der Waals surface area contributed by atoms with Gasteiger partial charge in [-0.3, -0.25) is 9.59 Å². The summed E-state index contributed by atoms with van der Waals surface area (Å²) >= 11 is 0. The number of ether oxygens (including phenoxy) is 9. The molecule has 0 aromatic heterocycles. The monoisotopic (exact) mass is 850 g/mol. The number of nitriles is 1. The van der Waals surface area contributed by atoms with Crippen molar-refractivity contribution in [1.82, 2.24) is 9.80 Å². The maximum Gasteiger partial charge on any atom is 0.509 e. The number of esters is 1. The molecular formula is C45H75N3O12. The molecule has 0 N–H and O–H groups in total. The summed E-state index contributed by atoms with van der Waals surface area (Å²) in [4.78, 5) is 46.4. The van der Waals surface area contributed by atoms with Crippen LogP contribution in [0.2, 0.25) is 0 Å². The van der Waals surface area contributed by atoms with Crippen LogP contribution in [0.5, 0.6) is 0 Å². The topological polar surface area (TPSA) is 165 Å². The Kier molecular flexibility index (Phi) is 15.8. The van der Waals surface area contributed by atoms with E-state index in [9.17, 15) is 19.6 Å². The van der Waals surface area contributed by atoms with Crippen molar-refractivity contribution in [3.63, 3.8) is 0 Å². The molecule has 0 amide bonds. The summed E-state index contributed by atoms with van der Waals surface area (Å²) in [6, 6.07) is 1.89. The number of ketones is 1. The molecule has 0 unspecified atom stereocenters. The van der Waals surface area contributed by atoms with Gasteiger partial charge >= 0.3 is 12.1 Å². The van der Waals surface area contributed by atoms with Crippen LogP contribution in [0.3, 0.4) is 0 Å². The highest BCUT2D eigenvalue weighted by Gasteiger charge is 2.57. The average molecular weight is 850 g/mol. The van der Waals surface area contributed by atoms with Crippen molar-refractivity contribution in [3.05, 3.63) is 0 Å². The summed E-state index contributed by atoms with van der Waals surface area (Å²) in [7, 11) is 7.55. The van der Waals surface area contributed by atoms with E-state index in [1.165, 1.54) is 0 Å². The van der Waals surface area contributed by atoms with Gasteiger partial charge in [-0.15, -0.1) is 0 Å². The number of hydrogen-bond donors (Lipinski definition) is 0. The lowest BCUT2D eigenvalue weighted by Gasteiger charge is -2.51. The van der Waals surface area contributed by atoms with Gasteiger partial charge in [-0.2, -0.15) is 5.26 Å². The van der Waals surface area contributed by atoms with Gasteiger partial charge in [0.15, 0.2) is 18.7 Å². The summed E-state index contributed by atoms with van der Waals surface area (Å²) in [5.74, 6) is -1.92. The third-order valence-corrected chi connectivity index (χ3v) is 14.7. The Morgan fingerprint density at radius 2 is 1.68 bits per heavy atom. The standard InChI is InChI=1S/C45H75N3O12/c1-15-34-43(8)22-31(49)20-32(43)29(6)48(13)24-25(2)21-45(10)38(59-41-37(58-42(51)60-45)33(47(11)12)19-26(3)54-41)27(4)36(28(5)40(50)56-34)57-35-23-44(9,52-14)39(30(7)55-35)53-18-16-17-46/h25-30,32-39,41H,15-16,18-24H2,1-14H3/t25-,26-,27+,28-,29-,30+,32-,33+,34-,35+,36+,37-,38-,39+,41+,43+,44-,45-/m1/s1. The van der Waals surface area contributed by atoms with E-state index in [1.54, 1.807) is 14.0 Å². The van der Waals surface area contributed by atoms with Gasteiger partial charge in [-0.1, -0.05) is 27.7 Å². The number of methoxy groups -OCH3 is 1. The molecule has 0 bridgehead atoms. The largest absolute Gasteiger partial charge is 0.509 e. The highest BCUT2D eigenvalue weighted by atomic mass is 16.8. The molecule has 5 fully saturated rings. The molecule has 0 spiro atoms. The second-order valence-corrected chi connectivity index (χ2v) is 19.7. The Bertz CT molecular complexity index is 1540. The van der Waals surface area contributed by atoms with Crippen molar-refractivity contribution in [2.24, 2.45) is 29.1 Å². The predicted molar refractivity (Wildman–Crippen MR) is 220 cm³/mol. The first-order valence-electron chi connectivity index (χ1n) is 22.2. The smallest absolute Gasteiger partial charge is 0.461 e. The Morgan fingerprint density at radius 1 is 0.983 bits per heavy atom. The number of hydrogen-bond acceptors (Lipinski definition) is 15. The molecule has 1 aliphatic carbocycles. The Labute approximate surface area is 358 Å². The molecule has 0 aromatic carbocycles. The number of rotatable bonds is 8. The van der Waals surface area contributed by atoms with Crippen LogP contribution in [0, 0.1) is 40.4 Å². The van der Waals surface area contributed by atoms with E-state index < -0.39 is 89.8 Å². The number of likely N-dealkylation sites (N-methyl/N-ethyl adjacent to an activating group) is 1. The average Bonchev–Trinajstić information content (AvgIpc) is 3.48. The second-order valence-electron chi connectivity index (χ2n) is 19.7. The van der Waals surface area contributed by atoms with Gasteiger partial charge in [0.2, 0.25) is 0 Å². The highest BCUT2D eigenvalue weighted by molar-refractivity contribution is 5.82. The molecule has 342 valence electrons. The fourth-order valence-electron chi connectivity index (χ4n) is 11.4. The van der Waals surface area contributed by atoms with Gasteiger partial charge in [-0.05, 0) is 93.8 Å². The van der Waals surface area contributed by atoms with Crippen molar-refractivity contribution in [2.75, 3.05) is 41.4 Å². The molecule has 5 rings (SSSR count). The molecule has 0 aromatic rings. The number of nitrogens with zero attached hydrogens (tertiary/aromatic N) is 3. The molecule has 4 saturated heterocycles. The molecule has 5 aliphatic rings. The van der Waals surface area contributed by atoms with Crippen molar-refractivity contribution in [1.29, 1.82) is 5.26 Å². The fraction of sp³-hybridized carbons (Fsp3) is 0.911. The van der Waals surface area contributed by atoms with E-state index >= 15 is 0 Å². The zero-order valence-corrected chi connectivity index (χ0v) is 38.8. The molecule has 15 heteroatoms. The lowest BCUT2D eigenvalue weighted by Crippen LogP contribution is -2.63. The minimum Gasteiger partial charge on any atom is -0.461 e. The van der Waals surface area contributed by atoms with Crippen molar-refractivity contribution in [3.8, 4) is 6.07 Å². The molecule has 0 radical (unpaired) electrons. The predicted octanol–water partition coefficient (Wildman–Crippen LogP) is 5.89. The summed E-state index contributed by atoms with van der Waals surface area (Å²) in [6.07, 6.45) is -4.23. The first-order valence-corrected chi connectivity index (χ1v) is 22.2. The molecule has 4 aliphatic heterocycles. The van der Waals surface area contributed by atoms with E-state index in [-0.39, 0.29) is 55.3 Å². The van der Waals surface area contributed by atoms with Crippen LogP contribution in [-0.4, -0.2) is 148 Å². The Morgan fingerprint density at radius 3 is 2.32 bits per heavy atom. The zero-order chi connectivity index (χ0) is 44.5. The van der Waals surface area contributed by atoms with E-state index in [0.717, 1.165) is 0 Å². The number of carbonyl (C=O) groups is 3. The van der Waals surface area contributed by atoms with Gasteiger partial charge in [0.1, 0.15) is 29.7 Å². The van der Waals surface area contributed by atoms with E-state index in [1.807, 2.05) is 60.5 Å². The fourth-order valence-corrected chi connectivity index (χ4v) is 11.4. The molecular weight excluding hydrogens is 775 g/mol. The van der Waals surface area contributed by atoms with Crippen LogP contribution in [0.4, 0.5) is 4.79 Å². The summed E-state index contributed by atoms with van der Waals surface area (Å²) in [5, 5.41) is 9.18. The maximum absolute atomic E-state index is 14.8. The lowest BCUT2D eigenvalue weighted by molar-refractivity contribution is -0.330. The molecule has 15 nitrogen and oxygen atoms in total. The maximum atomic E-state index is 14.8. The normalized spacial score (nSPS) is 46.2. The van der Waals surface area contributed by atoms with Crippen molar-refractivity contribution in [2.45, 2.75) is 193 Å². The van der Waals surface area contributed by atoms with Gasteiger partial charge in [0.25, 0.3) is 0 Å². The van der Waals surface area contributed by atoms with E-state index in [4.69, 9.17) is 42.6 Å². The summed E-state index contributed by atoms with van der Waals surface area (Å²) < 4.78 is 58.5. The second kappa shape index (κ2) is 19.5. The van der Waals surface area contributed by atoms with Gasteiger partial charge in [-0.25, -0.2) is 4.79 Å². The third-order valence-electron chi connectivity index (χ3n) is 14.7. The number of Topliss-reactive ketones (excluding diaryl/α,β-unsaturated/α-hetero) is 1. The first kappa shape index (κ1) is 48.6. The van der Waals surface area contributed by atoms with Crippen molar-refractivity contribution < 1.29 is 57.0 Å². The van der Waals surface area contributed by atoms with Crippen LogP contribution in [0.25, 0.3) is 0 Å². The van der Waals surface area contributed by atoms with Crippen LogP contribution >= 0.6 is 0 Å². The van der Waals surface area contributed by atoms with Crippen LogP contribution in [0.1, 0.15) is 114 Å². The van der Waals surface area contributed by atoms with Gasteiger partial charge in [0.05, 0.1) is 55.0 Å². The van der Waals surface area contributed by atoms with Gasteiger partial charge in [0, 0.05) is 50.3 Å². The van der Waals surface area contributed by atoms with Crippen molar-refractivity contribution >= 4 is 17.9 Å². The minimum absolute atomic E-state index is 0.0219. The minimum atomic E-state index is -1.29. The quantitative estimate of drug-likeness (QED) is 0.210. The van der Waals surface area contributed by atoms with E-state index in [2.05, 4.69) is 38.8 Å². The van der Waals surface area contributed by atoms with Crippen LogP contribution in [0.15, 0.2) is 0 Å². The molecule has 1 saturated carbocycles. The Balaban J connectivity index is 1.62. The zero-order valence-electron chi connectivity index (χ0n) is 38.8. The number of cyclic esters (lactones) is 1. The first-order chi connectivity index (χ1) is 28.1. The van der Waals surface area contributed by atoms with Gasteiger partial charge < -0.3 is 52.4 Å². The molecule has 60 heavy (non-hydrogen) atoms. The summed E-state index contributed by atoms with van der Waals surface area (Å²) in [5.41, 5.74) is -2.76. The van der Waals surface area contributed by atoms with Crippen LogP contribution in [-0.2, 0) is 52.2 Å². The van der Waals surface area contributed by atoms with E-state index in [0.29, 0.717) is 38.6 Å². The third kappa shape index (κ3) is 10.2. The SMILES string of the molecule is CC[C@H]1OC(=O)[C@H](C)[C@@H](O[C@H]2C[C@@](C)(OC)[C@@H](OCCC#N)[C@H](C)O2)[C@H](C)[C@H]2O[C@@H]3O[C@H](C)C[C@H](N(C)C)[C@H]3OC(=O)O[C@]2(C)C[C@@H](C)CN(C)[C@H](C)[C@H]2CC(=O)C[C@@]21C. The number of fused-ring (bicyclic) bond motifs is 3. The number of carbonyl (C=O) groups excluding carboxylic acids is 3. The van der Waals surface area contributed by atoms with Crippen LogP contribution < -0.4 is 0 Å². The molecule has 4 heterocycles. The highest BCUT2D eigenvalue weighted by Crippen LogP contribution is 2.50.